The number of aromatic nitrogens is 3. The van der Waals surface area contributed by atoms with Crippen molar-refractivity contribution in [3.63, 3.8) is 0 Å². The summed E-state index contributed by atoms with van der Waals surface area (Å²) in [7, 11) is 3.45. The summed E-state index contributed by atoms with van der Waals surface area (Å²) >= 11 is 0. The van der Waals surface area contributed by atoms with Gasteiger partial charge in [0.1, 0.15) is 5.75 Å². The minimum absolute atomic E-state index is 0.122. The van der Waals surface area contributed by atoms with Crippen LogP contribution >= 0.6 is 0 Å². The second kappa shape index (κ2) is 6.31. The summed E-state index contributed by atoms with van der Waals surface area (Å²) in [4.78, 5) is 17.2. The SMILES string of the molecule is COc1ccc(C(C)NC(=O)c2cc(C)nc3c2cnn3C)cc1. The van der Waals surface area contributed by atoms with Crippen molar-refractivity contribution in [2.45, 2.75) is 19.9 Å². The van der Waals surface area contributed by atoms with Gasteiger partial charge < -0.3 is 10.1 Å². The molecule has 2 heterocycles. The number of nitrogens with one attached hydrogen (secondary N) is 1. The van der Waals surface area contributed by atoms with E-state index in [-0.39, 0.29) is 11.9 Å². The zero-order valence-corrected chi connectivity index (χ0v) is 14.2. The summed E-state index contributed by atoms with van der Waals surface area (Å²) in [5.74, 6) is 0.654. The first-order chi connectivity index (χ1) is 11.5. The molecule has 0 saturated heterocycles. The van der Waals surface area contributed by atoms with E-state index in [1.54, 1.807) is 24.1 Å². The van der Waals surface area contributed by atoms with Crippen molar-refractivity contribution < 1.29 is 9.53 Å². The molecule has 1 atom stereocenters. The summed E-state index contributed by atoms with van der Waals surface area (Å²) in [5.41, 5.74) is 3.09. The monoisotopic (exact) mass is 324 g/mol. The maximum atomic E-state index is 12.7. The van der Waals surface area contributed by atoms with Crippen molar-refractivity contribution in [1.82, 2.24) is 20.1 Å². The van der Waals surface area contributed by atoms with Crippen LogP contribution in [0.25, 0.3) is 11.0 Å². The molecular formula is C18H20N4O2. The van der Waals surface area contributed by atoms with Crippen LogP contribution in [0.15, 0.2) is 36.5 Å². The van der Waals surface area contributed by atoms with E-state index in [1.165, 1.54) is 0 Å². The third kappa shape index (κ3) is 2.95. The lowest BCUT2D eigenvalue weighted by Crippen LogP contribution is -2.27. The molecule has 0 aliphatic heterocycles. The van der Waals surface area contributed by atoms with Gasteiger partial charge in [-0.3, -0.25) is 9.48 Å². The maximum absolute atomic E-state index is 12.7. The van der Waals surface area contributed by atoms with Gasteiger partial charge in [0, 0.05) is 12.7 Å². The number of fused-ring (bicyclic) bond motifs is 1. The van der Waals surface area contributed by atoms with Crippen molar-refractivity contribution in [2.75, 3.05) is 7.11 Å². The van der Waals surface area contributed by atoms with Crippen LogP contribution in [0, 0.1) is 6.92 Å². The highest BCUT2D eigenvalue weighted by Gasteiger charge is 2.17. The van der Waals surface area contributed by atoms with Gasteiger partial charge in [-0.25, -0.2) is 4.98 Å². The summed E-state index contributed by atoms with van der Waals surface area (Å²) in [6.07, 6.45) is 1.68. The number of amides is 1. The molecule has 6 heteroatoms. The van der Waals surface area contributed by atoms with Crippen LogP contribution in [-0.2, 0) is 7.05 Å². The zero-order valence-electron chi connectivity index (χ0n) is 14.2. The van der Waals surface area contributed by atoms with Gasteiger partial charge in [0.2, 0.25) is 0 Å². The third-order valence-corrected chi connectivity index (χ3v) is 4.04. The lowest BCUT2D eigenvalue weighted by molar-refractivity contribution is 0.0941. The Bertz CT molecular complexity index is 884. The lowest BCUT2D eigenvalue weighted by Gasteiger charge is -2.15. The summed E-state index contributed by atoms with van der Waals surface area (Å²) in [5, 5.41) is 7.98. The van der Waals surface area contributed by atoms with Gasteiger partial charge in [-0.05, 0) is 37.6 Å². The highest BCUT2D eigenvalue weighted by molar-refractivity contribution is 6.05. The number of hydrogen-bond donors (Lipinski definition) is 1. The van der Waals surface area contributed by atoms with E-state index in [0.29, 0.717) is 11.2 Å². The number of benzene rings is 1. The van der Waals surface area contributed by atoms with Crippen molar-refractivity contribution in [3.05, 3.63) is 53.3 Å². The van der Waals surface area contributed by atoms with E-state index in [9.17, 15) is 4.79 Å². The largest absolute Gasteiger partial charge is 0.497 e. The zero-order chi connectivity index (χ0) is 17.3. The molecule has 0 aliphatic rings. The molecule has 1 amide bonds. The minimum atomic E-state index is -0.137. The molecule has 0 fully saturated rings. The number of hydrogen-bond acceptors (Lipinski definition) is 4. The smallest absolute Gasteiger partial charge is 0.252 e. The fourth-order valence-electron chi connectivity index (χ4n) is 2.68. The third-order valence-electron chi connectivity index (χ3n) is 4.04. The number of nitrogens with zero attached hydrogens (tertiary/aromatic N) is 3. The first-order valence-corrected chi connectivity index (χ1v) is 7.73. The van der Waals surface area contributed by atoms with Gasteiger partial charge in [0.25, 0.3) is 5.91 Å². The van der Waals surface area contributed by atoms with Crippen LogP contribution in [0.3, 0.4) is 0 Å². The van der Waals surface area contributed by atoms with Crippen LogP contribution in [0.1, 0.15) is 34.6 Å². The Morgan fingerprint density at radius 3 is 2.67 bits per heavy atom. The van der Waals surface area contributed by atoms with Crippen LogP contribution in [-0.4, -0.2) is 27.8 Å². The number of rotatable bonds is 4. The standard InChI is InChI=1S/C18H20N4O2/c1-11-9-15(16-10-19-22(3)17(16)20-11)18(23)21-12(2)13-5-7-14(24-4)8-6-13/h5-10,12H,1-4H3,(H,21,23). The molecule has 0 radical (unpaired) electrons. The quantitative estimate of drug-likeness (QED) is 0.801. The Labute approximate surface area is 140 Å². The van der Waals surface area contributed by atoms with E-state index in [1.807, 2.05) is 45.2 Å². The number of methoxy groups -OCH3 is 1. The summed E-state index contributed by atoms with van der Waals surface area (Å²) in [6, 6.07) is 9.33. The Hall–Kier alpha value is -2.89. The average molecular weight is 324 g/mol. The molecule has 0 spiro atoms. The molecule has 0 saturated carbocycles. The molecule has 6 nitrogen and oxygen atoms in total. The van der Waals surface area contributed by atoms with Gasteiger partial charge in [-0.1, -0.05) is 12.1 Å². The Morgan fingerprint density at radius 2 is 2.00 bits per heavy atom. The molecule has 0 aliphatic carbocycles. The second-order valence-electron chi connectivity index (χ2n) is 5.78. The number of ether oxygens (including phenoxy) is 1. The Morgan fingerprint density at radius 1 is 1.29 bits per heavy atom. The lowest BCUT2D eigenvalue weighted by atomic mass is 10.1. The topological polar surface area (TPSA) is 69.0 Å². The van der Waals surface area contributed by atoms with Gasteiger partial charge >= 0.3 is 0 Å². The average Bonchev–Trinajstić information content (AvgIpc) is 2.95. The van der Waals surface area contributed by atoms with E-state index in [0.717, 1.165) is 22.4 Å². The Balaban J connectivity index is 1.86. The number of carbonyl (C=O) groups is 1. The molecule has 124 valence electrons. The van der Waals surface area contributed by atoms with Crippen molar-refractivity contribution in [1.29, 1.82) is 0 Å². The molecule has 24 heavy (non-hydrogen) atoms. The molecule has 3 aromatic rings. The van der Waals surface area contributed by atoms with Gasteiger partial charge in [0.05, 0.1) is 30.3 Å². The molecule has 1 unspecified atom stereocenters. The van der Waals surface area contributed by atoms with E-state index in [2.05, 4.69) is 15.4 Å². The molecule has 1 N–H and O–H groups in total. The van der Waals surface area contributed by atoms with E-state index >= 15 is 0 Å². The molecule has 0 bridgehead atoms. The minimum Gasteiger partial charge on any atom is -0.497 e. The summed E-state index contributed by atoms with van der Waals surface area (Å²) < 4.78 is 6.83. The number of carbonyl (C=O) groups excluding carboxylic acids is 1. The highest BCUT2D eigenvalue weighted by atomic mass is 16.5. The predicted octanol–water partition coefficient (Wildman–Crippen LogP) is 2.78. The van der Waals surface area contributed by atoms with Crippen molar-refractivity contribution >= 4 is 16.9 Å². The van der Waals surface area contributed by atoms with Crippen LogP contribution < -0.4 is 10.1 Å². The highest BCUT2D eigenvalue weighted by Crippen LogP contribution is 2.21. The first kappa shape index (κ1) is 16.0. The number of aryl methyl sites for hydroxylation is 2. The van der Waals surface area contributed by atoms with Crippen molar-refractivity contribution in [3.8, 4) is 5.75 Å². The van der Waals surface area contributed by atoms with Gasteiger partial charge in [-0.15, -0.1) is 0 Å². The van der Waals surface area contributed by atoms with Crippen LogP contribution in [0.5, 0.6) is 5.75 Å². The molecule has 1 aromatic carbocycles. The summed E-state index contributed by atoms with van der Waals surface area (Å²) in [6.45, 7) is 3.82. The fraction of sp³-hybridized carbons (Fsp3) is 0.278. The Kier molecular flexibility index (Phi) is 4.20. The molecule has 2 aromatic heterocycles. The molecular weight excluding hydrogens is 304 g/mol. The number of pyridine rings is 1. The fourth-order valence-corrected chi connectivity index (χ4v) is 2.68. The predicted molar refractivity (Wildman–Crippen MR) is 92.1 cm³/mol. The normalized spacial score (nSPS) is 12.2. The maximum Gasteiger partial charge on any atom is 0.252 e. The first-order valence-electron chi connectivity index (χ1n) is 7.73. The van der Waals surface area contributed by atoms with E-state index in [4.69, 9.17) is 4.74 Å². The van der Waals surface area contributed by atoms with Crippen LogP contribution in [0.2, 0.25) is 0 Å². The van der Waals surface area contributed by atoms with Crippen LogP contribution in [0.4, 0.5) is 0 Å². The van der Waals surface area contributed by atoms with Gasteiger partial charge in [-0.2, -0.15) is 5.10 Å². The molecule has 3 rings (SSSR count). The van der Waals surface area contributed by atoms with Gasteiger partial charge in [0.15, 0.2) is 5.65 Å². The van der Waals surface area contributed by atoms with E-state index < -0.39 is 0 Å². The second-order valence-corrected chi connectivity index (χ2v) is 5.78. The van der Waals surface area contributed by atoms with Crippen molar-refractivity contribution in [2.24, 2.45) is 7.05 Å².